The van der Waals surface area contributed by atoms with Crippen molar-refractivity contribution in [2.24, 2.45) is 34.5 Å². The van der Waals surface area contributed by atoms with Gasteiger partial charge in [0, 0.05) is 0 Å². The summed E-state index contributed by atoms with van der Waals surface area (Å²) in [7, 11) is 0. The van der Waals surface area contributed by atoms with E-state index in [1.54, 1.807) is 0 Å². The summed E-state index contributed by atoms with van der Waals surface area (Å²) in [6.07, 6.45) is 13.9. The Balaban J connectivity index is 1.65. The number of hydrogen-bond acceptors (Lipinski definition) is 1. The maximum atomic E-state index is 10.5. The molecule has 7 atom stereocenters. The van der Waals surface area contributed by atoms with E-state index in [9.17, 15) is 5.11 Å². The van der Waals surface area contributed by atoms with E-state index >= 15 is 0 Å². The first-order valence-corrected chi connectivity index (χ1v) is 9.23. The fourth-order valence-electron chi connectivity index (χ4n) is 7.37. The van der Waals surface area contributed by atoms with Crippen molar-refractivity contribution in [3.8, 4) is 0 Å². The van der Waals surface area contributed by atoms with Crippen molar-refractivity contribution in [1.82, 2.24) is 0 Å². The van der Waals surface area contributed by atoms with Gasteiger partial charge in [0.2, 0.25) is 0 Å². The van der Waals surface area contributed by atoms with E-state index in [0.717, 1.165) is 24.2 Å². The molecule has 1 nitrogen and oxygen atoms in total. The maximum absolute atomic E-state index is 10.5. The van der Waals surface area contributed by atoms with Gasteiger partial charge in [-0.25, -0.2) is 0 Å². The number of fused-ring (bicyclic) bond motifs is 5. The van der Waals surface area contributed by atoms with Crippen LogP contribution in [0, 0.1) is 34.5 Å². The van der Waals surface area contributed by atoms with Gasteiger partial charge >= 0.3 is 0 Å². The average Bonchev–Trinajstić information content (AvgIpc) is 2.80. The largest absolute Gasteiger partial charge is 0.393 e. The summed E-state index contributed by atoms with van der Waals surface area (Å²) in [6, 6.07) is 0. The lowest BCUT2D eigenvalue weighted by molar-refractivity contribution is -0.139. The van der Waals surface area contributed by atoms with Crippen LogP contribution in [0.3, 0.4) is 0 Å². The van der Waals surface area contributed by atoms with E-state index in [1.807, 2.05) is 0 Å². The van der Waals surface area contributed by atoms with E-state index in [-0.39, 0.29) is 6.10 Å². The molecule has 0 aromatic carbocycles. The van der Waals surface area contributed by atoms with Gasteiger partial charge in [-0.15, -0.1) is 0 Å². The molecule has 114 valence electrons. The summed E-state index contributed by atoms with van der Waals surface area (Å²) in [5, 5.41) is 10.5. The van der Waals surface area contributed by atoms with E-state index < -0.39 is 0 Å². The number of rotatable bonds is 0. The quantitative estimate of drug-likeness (QED) is 0.675. The SMILES string of the molecule is C[C@@]12CCC[C@H]1[C@@H]1CC[C@H]3C(O)CCC[C@]3(C)[C@H]1CC2. The van der Waals surface area contributed by atoms with Gasteiger partial charge in [0.05, 0.1) is 6.10 Å². The normalized spacial score (nSPS) is 58.6. The molecule has 0 heterocycles. The van der Waals surface area contributed by atoms with Crippen LogP contribution in [0.25, 0.3) is 0 Å². The van der Waals surface area contributed by atoms with Crippen LogP contribution in [0.4, 0.5) is 0 Å². The second-order valence-electron chi connectivity index (χ2n) is 9.11. The van der Waals surface area contributed by atoms with Crippen LogP contribution in [0.15, 0.2) is 0 Å². The monoisotopic (exact) mass is 276 g/mol. The highest BCUT2D eigenvalue weighted by molar-refractivity contribution is 5.07. The first-order chi connectivity index (χ1) is 9.55. The highest BCUT2D eigenvalue weighted by atomic mass is 16.3. The highest BCUT2D eigenvalue weighted by Gasteiger charge is 2.58. The van der Waals surface area contributed by atoms with E-state index in [1.165, 1.54) is 57.8 Å². The van der Waals surface area contributed by atoms with Crippen LogP contribution >= 0.6 is 0 Å². The van der Waals surface area contributed by atoms with Gasteiger partial charge in [0.1, 0.15) is 0 Å². The van der Waals surface area contributed by atoms with Gasteiger partial charge in [0.25, 0.3) is 0 Å². The highest BCUT2D eigenvalue weighted by Crippen LogP contribution is 2.66. The van der Waals surface area contributed by atoms with E-state index in [0.29, 0.717) is 16.7 Å². The zero-order valence-electron chi connectivity index (χ0n) is 13.4. The van der Waals surface area contributed by atoms with Crippen molar-refractivity contribution < 1.29 is 5.11 Å². The Bertz CT molecular complexity index is 391. The molecule has 4 aliphatic rings. The molecule has 0 spiro atoms. The fourth-order valence-corrected chi connectivity index (χ4v) is 7.37. The van der Waals surface area contributed by atoms with Gasteiger partial charge in [-0.1, -0.05) is 26.7 Å². The predicted octanol–water partition coefficient (Wildman–Crippen LogP) is 4.78. The summed E-state index contributed by atoms with van der Waals surface area (Å²) in [4.78, 5) is 0. The molecule has 20 heavy (non-hydrogen) atoms. The fraction of sp³-hybridized carbons (Fsp3) is 1.00. The summed E-state index contributed by atoms with van der Waals surface area (Å²) >= 11 is 0. The van der Waals surface area contributed by atoms with Crippen LogP contribution in [0.1, 0.15) is 78.1 Å². The molecule has 4 aliphatic carbocycles. The molecule has 0 bridgehead atoms. The van der Waals surface area contributed by atoms with Gasteiger partial charge in [-0.3, -0.25) is 0 Å². The van der Waals surface area contributed by atoms with Crippen molar-refractivity contribution in [3.63, 3.8) is 0 Å². The van der Waals surface area contributed by atoms with Crippen LogP contribution < -0.4 is 0 Å². The molecule has 0 amide bonds. The summed E-state index contributed by atoms with van der Waals surface area (Å²) in [6.45, 7) is 5.14. The topological polar surface area (TPSA) is 20.2 Å². The van der Waals surface area contributed by atoms with Gasteiger partial charge < -0.3 is 5.11 Å². The first kappa shape index (κ1) is 13.6. The lowest BCUT2D eigenvalue weighted by atomic mass is 9.45. The minimum atomic E-state index is 0.00610. The first-order valence-electron chi connectivity index (χ1n) is 9.23. The molecule has 0 saturated heterocycles. The number of aliphatic hydroxyl groups excluding tert-OH is 1. The third-order valence-electron chi connectivity index (χ3n) is 8.40. The van der Waals surface area contributed by atoms with Crippen molar-refractivity contribution in [3.05, 3.63) is 0 Å². The van der Waals surface area contributed by atoms with Crippen molar-refractivity contribution in [2.75, 3.05) is 0 Å². The van der Waals surface area contributed by atoms with Gasteiger partial charge in [-0.05, 0) is 85.9 Å². The Kier molecular flexibility index (Phi) is 3.05. The maximum Gasteiger partial charge on any atom is 0.0573 e. The summed E-state index contributed by atoms with van der Waals surface area (Å²) in [5.74, 6) is 3.54. The predicted molar refractivity (Wildman–Crippen MR) is 82.4 cm³/mol. The molecule has 0 radical (unpaired) electrons. The van der Waals surface area contributed by atoms with Gasteiger partial charge in [-0.2, -0.15) is 0 Å². The third-order valence-corrected chi connectivity index (χ3v) is 8.40. The Hall–Kier alpha value is -0.0400. The van der Waals surface area contributed by atoms with Crippen LogP contribution in [0.5, 0.6) is 0 Å². The van der Waals surface area contributed by atoms with Gasteiger partial charge in [0.15, 0.2) is 0 Å². The molecule has 0 aromatic heterocycles. The molecule has 0 aromatic rings. The lowest BCUT2D eigenvalue weighted by Gasteiger charge is -2.60. The van der Waals surface area contributed by atoms with Crippen molar-refractivity contribution >= 4 is 0 Å². The molecular weight excluding hydrogens is 244 g/mol. The minimum Gasteiger partial charge on any atom is -0.393 e. The minimum absolute atomic E-state index is 0.00610. The Labute approximate surface area is 124 Å². The molecule has 1 unspecified atom stereocenters. The zero-order chi connectivity index (χ0) is 14.0. The Morgan fingerprint density at radius 2 is 1.55 bits per heavy atom. The lowest BCUT2D eigenvalue weighted by Crippen LogP contribution is -2.54. The van der Waals surface area contributed by atoms with Crippen molar-refractivity contribution in [2.45, 2.75) is 84.2 Å². The molecule has 1 N–H and O–H groups in total. The second kappa shape index (κ2) is 4.48. The van der Waals surface area contributed by atoms with Crippen molar-refractivity contribution in [1.29, 1.82) is 0 Å². The summed E-state index contributed by atoms with van der Waals surface area (Å²) in [5.41, 5.74) is 1.14. The zero-order valence-corrected chi connectivity index (χ0v) is 13.4. The van der Waals surface area contributed by atoms with E-state index in [4.69, 9.17) is 0 Å². The molecule has 1 heteroatoms. The third kappa shape index (κ3) is 1.71. The summed E-state index contributed by atoms with van der Waals surface area (Å²) < 4.78 is 0. The molecule has 0 aliphatic heterocycles. The van der Waals surface area contributed by atoms with E-state index in [2.05, 4.69) is 13.8 Å². The second-order valence-corrected chi connectivity index (χ2v) is 9.11. The van der Waals surface area contributed by atoms with Crippen LogP contribution in [-0.4, -0.2) is 11.2 Å². The molecule has 4 rings (SSSR count). The molecule has 4 saturated carbocycles. The smallest absolute Gasteiger partial charge is 0.0573 e. The number of hydrogen-bond donors (Lipinski definition) is 1. The van der Waals surface area contributed by atoms with Crippen LogP contribution in [-0.2, 0) is 0 Å². The Morgan fingerprint density at radius 3 is 2.40 bits per heavy atom. The average molecular weight is 276 g/mol. The standard InChI is InChI=1S/C19H32O/c1-18-10-3-5-14(18)13-7-8-16-17(20)6-4-11-19(16,2)15(13)9-12-18/h13-17,20H,3-12H2,1-2H3/t13-,14-,15-,16-,17?,18-,19+/m0/s1. The Morgan fingerprint density at radius 1 is 0.750 bits per heavy atom. The molecule has 4 fully saturated rings. The number of aliphatic hydroxyl groups is 1. The van der Waals surface area contributed by atoms with Crippen LogP contribution in [0.2, 0.25) is 0 Å². The molecular formula is C19H32O.